The Labute approximate surface area is 394 Å². The van der Waals surface area contributed by atoms with Crippen LogP contribution in [-0.4, -0.2) is 291 Å². The maximum atomic E-state index is 11.3. The van der Waals surface area contributed by atoms with Gasteiger partial charge < -0.3 is 130 Å². The molecule has 19 N–H and O–H groups in total. The molecule has 400 valence electrons. The van der Waals surface area contributed by atoms with Crippen molar-refractivity contribution < 1.29 is 144 Å². The van der Waals surface area contributed by atoms with Crippen LogP contribution in [0.4, 0.5) is 0 Å². The molecule has 0 bridgehead atoms. The lowest BCUT2D eigenvalue weighted by molar-refractivity contribution is -0.288. The molecule has 0 aromatic heterocycles. The number of carbonyl (C=O) groups excluding carboxylic acids is 3. The van der Waals surface area contributed by atoms with Crippen molar-refractivity contribution in [1.29, 1.82) is 0 Å². The Bertz CT molecular complexity index is 1420. The SMILES string of the molecule is CC(=O)CCC(=O)NC[C@@H]1OC(O)[C@@H](O)C(O)[C@@H]1O.CC(=O)COC[C@@H]1OC(O)[C@@H](O)C(O)[C@@H]1O.OC1O[C@@H](COCCS)[C@@H](O)C(O)[C@@H]1O.OOB(O)CCOC[C@@H]1OC(O)[C@@H](O)C(O)[C@@H]1O. The van der Waals surface area contributed by atoms with Crippen molar-refractivity contribution in [3.63, 3.8) is 0 Å². The minimum atomic E-state index is -1.63. The fourth-order valence-corrected chi connectivity index (χ4v) is 6.05. The molecule has 0 aromatic rings. The van der Waals surface area contributed by atoms with Gasteiger partial charge in [0.15, 0.2) is 30.9 Å². The summed E-state index contributed by atoms with van der Waals surface area (Å²) in [5.41, 5.74) is 0. The van der Waals surface area contributed by atoms with E-state index in [0.29, 0.717) is 12.4 Å². The van der Waals surface area contributed by atoms with Gasteiger partial charge in [-0.15, -0.1) is 0 Å². The third kappa shape index (κ3) is 21.9. The fourth-order valence-electron chi connectivity index (χ4n) is 5.92. The van der Waals surface area contributed by atoms with Gasteiger partial charge in [-0.05, 0) is 13.8 Å². The number of aliphatic hydroxyl groups excluding tert-OH is 16. The lowest BCUT2D eigenvalue weighted by Crippen LogP contribution is -2.60. The van der Waals surface area contributed by atoms with Gasteiger partial charge in [-0.25, -0.2) is 0 Å². The number of carbonyl (C=O) groups is 3. The van der Waals surface area contributed by atoms with Gasteiger partial charge in [-0.1, -0.05) is 0 Å². The second-order valence-electron chi connectivity index (χ2n) is 15.6. The molecule has 1 amide bonds. The number of rotatable bonds is 19. The van der Waals surface area contributed by atoms with Crippen LogP contribution < -0.4 is 5.32 Å². The standard InChI is InChI=1S/C11H19NO7.C9H16O7.C8H17BO9.C8H16O6S/c1-5(13)2-3-7(14)12-4-6-8(15)9(16)10(17)11(18)19-6;1-4(10)2-15-3-5-6(11)7(12)8(13)9(14)16-5;10-5-4(3-16-2-1-9(14)18-15)17-8(13)7(12)6(5)11;9-5-4(3-13-1-2-15)14-8(12)7(11)6(5)10/h6,8-11,15-18H,2-4H2,1H3,(H,12,14);5-9,11-14H,2-3H2,1H3;4-8,10-15H,1-3H2;4-12,15H,1-3H2/t6-,8+,9?,10-,11?;5-,6+,7?,8-,9?;2*4-,5+,6?,7-,8?/m0000/s1. The summed E-state index contributed by atoms with van der Waals surface area (Å²) in [5, 5.41) is 169. The van der Waals surface area contributed by atoms with Crippen LogP contribution in [0.5, 0.6) is 0 Å². The number of aliphatic hydroxyl groups is 16. The molecule has 4 aliphatic rings. The van der Waals surface area contributed by atoms with Crippen molar-refractivity contribution in [2.24, 2.45) is 0 Å². The van der Waals surface area contributed by atoms with Gasteiger partial charge >= 0.3 is 7.12 Å². The minimum absolute atomic E-state index is 0.00303. The van der Waals surface area contributed by atoms with Crippen molar-refractivity contribution in [1.82, 2.24) is 5.32 Å². The predicted octanol–water partition coefficient (Wildman–Crippen LogP) is -10.8. The van der Waals surface area contributed by atoms with Gasteiger partial charge in [0.25, 0.3) is 0 Å². The number of Topliss-reactive ketones (excluding diaryl/α,β-unsaturated/α-hetero) is 2. The Morgan fingerprint density at radius 1 is 0.500 bits per heavy atom. The topological polar surface area (TPSA) is 501 Å². The summed E-state index contributed by atoms with van der Waals surface area (Å²) in [6.45, 7) is 2.53. The quantitative estimate of drug-likeness (QED) is 0.0188. The van der Waals surface area contributed by atoms with E-state index in [1.54, 1.807) is 0 Å². The predicted molar refractivity (Wildman–Crippen MR) is 222 cm³/mol. The fraction of sp³-hybridized carbons (Fsp3) is 0.917. The zero-order valence-electron chi connectivity index (χ0n) is 36.9. The average molecular weight is 1020 g/mol. The maximum Gasteiger partial charge on any atom is 0.489 e. The first-order valence-corrected chi connectivity index (χ1v) is 21.5. The van der Waals surface area contributed by atoms with Crippen LogP contribution in [0.15, 0.2) is 0 Å². The monoisotopic (exact) mass is 1020 g/mol. The van der Waals surface area contributed by atoms with Crippen LogP contribution in [0.3, 0.4) is 0 Å². The van der Waals surface area contributed by atoms with E-state index in [1.807, 2.05) is 0 Å². The summed E-state index contributed by atoms with van der Waals surface area (Å²) in [7, 11) is -1.37. The molecule has 8 unspecified atom stereocenters. The van der Waals surface area contributed by atoms with Crippen molar-refractivity contribution in [3.8, 4) is 0 Å². The third-order valence-electron chi connectivity index (χ3n) is 9.97. The highest BCUT2D eigenvalue weighted by molar-refractivity contribution is 7.80. The van der Waals surface area contributed by atoms with E-state index in [9.17, 15) is 85.9 Å². The molecule has 20 atom stereocenters. The van der Waals surface area contributed by atoms with E-state index in [2.05, 4.69) is 22.8 Å². The van der Waals surface area contributed by atoms with Crippen LogP contribution in [0.25, 0.3) is 0 Å². The second kappa shape index (κ2) is 33.0. The van der Waals surface area contributed by atoms with E-state index < -0.39 is 136 Å². The van der Waals surface area contributed by atoms with Crippen molar-refractivity contribution in [3.05, 3.63) is 0 Å². The van der Waals surface area contributed by atoms with Crippen LogP contribution in [0.2, 0.25) is 6.32 Å². The minimum Gasteiger partial charge on any atom is -0.425 e. The molecule has 4 aliphatic heterocycles. The average Bonchev–Trinajstić information content (AvgIpc) is 3.30. The van der Waals surface area contributed by atoms with Gasteiger partial charge in [-0.3, -0.25) is 19.7 Å². The number of hydrogen-bond donors (Lipinski definition) is 20. The number of thiol groups is 1. The van der Waals surface area contributed by atoms with E-state index in [1.165, 1.54) is 13.8 Å². The van der Waals surface area contributed by atoms with Crippen molar-refractivity contribution in [2.75, 3.05) is 51.9 Å². The number of ketones is 2. The number of nitrogens with one attached hydrogen (secondary N) is 1. The third-order valence-corrected chi connectivity index (χ3v) is 10.2. The summed E-state index contributed by atoms with van der Waals surface area (Å²) in [5.74, 6) is -0.179. The molecule has 0 radical (unpaired) electrons. The lowest BCUT2D eigenvalue weighted by atomic mass is 9.87. The Hall–Kier alpha value is -1.82. The lowest BCUT2D eigenvalue weighted by Gasteiger charge is -2.38. The molecule has 30 nitrogen and oxygen atoms in total. The van der Waals surface area contributed by atoms with Crippen LogP contribution in [-0.2, 0) is 52.3 Å². The second-order valence-corrected chi connectivity index (χ2v) is 16.0. The molecule has 4 fully saturated rings. The molecule has 4 saturated heterocycles. The van der Waals surface area contributed by atoms with Crippen molar-refractivity contribution in [2.45, 2.75) is 156 Å². The first-order chi connectivity index (χ1) is 31.8. The van der Waals surface area contributed by atoms with E-state index >= 15 is 0 Å². The van der Waals surface area contributed by atoms with Gasteiger partial charge in [0, 0.05) is 38.1 Å². The van der Waals surface area contributed by atoms with E-state index in [-0.39, 0.29) is 70.3 Å². The van der Waals surface area contributed by atoms with Gasteiger partial charge in [0.1, 0.15) is 110 Å². The molecular formula is C36H68BNO29S. The smallest absolute Gasteiger partial charge is 0.425 e. The zero-order valence-corrected chi connectivity index (χ0v) is 37.8. The highest BCUT2D eigenvalue weighted by atomic mass is 32.1. The number of ether oxygens (including phenoxy) is 7. The Kier molecular flexibility index (Phi) is 31.2. The summed E-state index contributed by atoms with van der Waals surface area (Å²) in [6.07, 6.45) is -27.8. The molecule has 0 aliphatic carbocycles. The zero-order chi connectivity index (χ0) is 52.0. The van der Waals surface area contributed by atoms with Crippen LogP contribution >= 0.6 is 12.6 Å². The first-order valence-electron chi connectivity index (χ1n) is 20.9. The summed E-state index contributed by atoms with van der Waals surface area (Å²) < 4.78 is 34.4. The summed E-state index contributed by atoms with van der Waals surface area (Å²) >= 11 is 3.92. The van der Waals surface area contributed by atoms with E-state index in [4.69, 9.17) is 53.7 Å². The summed E-state index contributed by atoms with van der Waals surface area (Å²) in [6, 6.07) is 0. The number of hydrogen-bond acceptors (Lipinski definition) is 30. The molecule has 0 spiro atoms. The van der Waals surface area contributed by atoms with Crippen LogP contribution in [0, 0.1) is 0 Å². The maximum absolute atomic E-state index is 11.3. The molecule has 32 heteroatoms. The highest BCUT2D eigenvalue weighted by Gasteiger charge is 2.46. The van der Waals surface area contributed by atoms with Gasteiger partial charge in [0.05, 0.1) is 26.4 Å². The normalized spacial score (nSPS) is 38.0. The molecular weight excluding hydrogens is 953 g/mol. The Morgan fingerprint density at radius 3 is 1.21 bits per heavy atom. The molecule has 4 heterocycles. The summed E-state index contributed by atoms with van der Waals surface area (Å²) in [4.78, 5) is 36.2. The largest absolute Gasteiger partial charge is 0.489 e. The Balaban J connectivity index is 0.000000455. The van der Waals surface area contributed by atoms with Crippen LogP contribution in [0.1, 0.15) is 26.7 Å². The molecule has 68 heavy (non-hydrogen) atoms. The van der Waals surface area contributed by atoms with Crippen molar-refractivity contribution >= 4 is 37.2 Å². The molecule has 4 rings (SSSR count). The van der Waals surface area contributed by atoms with Gasteiger partial charge in [0.2, 0.25) is 5.91 Å². The highest BCUT2D eigenvalue weighted by Crippen LogP contribution is 2.23. The molecule has 0 saturated carbocycles. The first kappa shape index (κ1) is 64.2. The number of amides is 1. The Morgan fingerprint density at radius 2 is 0.853 bits per heavy atom. The van der Waals surface area contributed by atoms with Gasteiger partial charge in [-0.2, -0.15) is 12.6 Å². The molecule has 0 aromatic carbocycles. The van der Waals surface area contributed by atoms with E-state index in [0.717, 1.165) is 0 Å².